The lowest BCUT2D eigenvalue weighted by atomic mass is 10.1. The smallest absolute Gasteiger partial charge is 0.272 e. The van der Waals surface area contributed by atoms with Gasteiger partial charge < -0.3 is 15.6 Å². The number of amides is 2. The van der Waals surface area contributed by atoms with Crippen molar-refractivity contribution in [3.05, 3.63) is 89.2 Å². The van der Waals surface area contributed by atoms with Crippen LogP contribution in [0.15, 0.2) is 66.9 Å². The molecule has 2 aromatic carbocycles. The molecule has 5 rings (SSSR count). The molecule has 0 fully saturated rings. The number of hydrogen-bond acceptors (Lipinski definition) is 4. The van der Waals surface area contributed by atoms with Gasteiger partial charge in [-0.2, -0.15) is 5.10 Å². The second-order valence-corrected chi connectivity index (χ2v) is 10.2. The molecule has 37 heavy (non-hydrogen) atoms. The predicted octanol–water partition coefficient (Wildman–Crippen LogP) is 5.20. The summed E-state index contributed by atoms with van der Waals surface area (Å²) >= 11 is 0. The molecule has 0 bridgehead atoms. The maximum absolute atomic E-state index is 13.2. The number of rotatable bonds is 6. The fraction of sp³-hybridized carbons (Fsp3) is 0.241. The summed E-state index contributed by atoms with van der Waals surface area (Å²) in [6, 6.07) is 18.9. The number of benzene rings is 2. The van der Waals surface area contributed by atoms with Gasteiger partial charge in [0.05, 0.1) is 10.9 Å². The average molecular weight is 495 g/mol. The molecule has 8 nitrogen and oxygen atoms in total. The SMILES string of the molecule is Cc1ccc(C(=O)Nc2ccc3c(C(=O)NCCc4c[nH]c5ccccc45)nn(C(C)(C)C)c3n2)cc1. The number of anilines is 1. The average Bonchev–Trinajstić information content (AvgIpc) is 3.46. The zero-order valence-electron chi connectivity index (χ0n) is 21.4. The monoisotopic (exact) mass is 494 g/mol. The molecule has 3 heterocycles. The largest absolute Gasteiger partial charge is 0.361 e. The van der Waals surface area contributed by atoms with Crippen LogP contribution in [0.3, 0.4) is 0 Å². The minimum absolute atomic E-state index is 0.246. The molecular formula is C29H30N6O2. The van der Waals surface area contributed by atoms with Gasteiger partial charge in [-0.15, -0.1) is 0 Å². The highest BCUT2D eigenvalue weighted by molar-refractivity contribution is 6.06. The van der Waals surface area contributed by atoms with Gasteiger partial charge in [0.15, 0.2) is 11.3 Å². The summed E-state index contributed by atoms with van der Waals surface area (Å²) in [4.78, 5) is 33.8. The van der Waals surface area contributed by atoms with E-state index >= 15 is 0 Å². The van der Waals surface area contributed by atoms with Crippen LogP contribution in [0.2, 0.25) is 0 Å². The first kappa shape index (κ1) is 24.2. The molecule has 8 heteroatoms. The molecule has 5 aromatic rings. The summed E-state index contributed by atoms with van der Waals surface area (Å²) in [6.45, 7) is 8.44. The zero-order chi connectivity index (χ0) is 26.2. The molecule has 2 amide bonds. The van der Waals surface area contributed by atoms with E-state index in [-0.39, 0.29) is 11.8 Å². The number of carbonyl (C=O) groups excluding carboxylic acids is 2. The van der Waals surface area contributed by atoms with Crippen molar-refractivity contribution in [2.45, 2.75) is 39.7 Å². The van der Waals surface area contributed by atoms with Gasteiger partial charge in [0.25, 0.3) is 11.8 Å². The van der Waals surface area contributed by atoms with Gasteiger partial charge in [-0.1, -0.05) is 35.9 Å². The van der Waals surface area contributed by atoms with Crippen LogP contribution in [0.1, 0.15) is 52.7 Å². The lowest BCUT2D eigenvalue weighted by Crippen LogP contribution is -2.28. The second-order valence-electron chi connectivity index (χ2n) is 10.2. The van der Waals surface area contributed by atoms with Crippen molar-refractivity contribution in [2.24, 2.45) is 0 Å². The van der Waals surface area contributed by atoms with Gasteiger partial charge in [-0.25, -0.2) is 9.67 Å². The van der Waals surface area contributed by atoms with Crippen LogP contribution in [0, 0.1) is 6.92 Å². The summed E-state index contributed by atoms with van der Waals surface area (Å²) < 4.78 is 1.73. The summed E-state index contributed by atoms with van der Waals surface area (Å²) in [7, 11) is 0. The number of aromatic nitrogens is 4. The maximum atomic E-state index is 13.2. The molecule has 0 spiro atoms. The number of aromatic amines is 1. The first-order valence-electron chi connectivity index (χ1n) is 12.3. The Morgan fingerprint density at radius 2 is 1.70 bits per heavy atom. The zero-order valence-corrected chi connectivity index (χ0v) is 21.4. The van der Waals surface area contributed by atoms with Crippen LogP contribution in [0.4, 0.5) is 5.82 Å². The van der Waals surface area contributed by atoms with Gasteiger partial charge in [0.1, 0.15) is 5.82 Å². The summed E-state index contributed by atoms with van der Waals surface area (Å²) in [5.74, 6) is -0.107. The number of H-pyrrole nitrogens is 1. The lowest BCUT2D eigenvalue weighted by Gasteiger charge is -2.20. The summed E-state index contributed by atoms with van der Waals surface area (Å²) in [6.07, 6.45) is 2.68. The molecular weight excluding hydrogens is 464 g/mol. The summed E-state index contributed by atoms with van der Waals surface area (Å²) in [5, 5.41) is 12.3. The quantitative estimate of drug-likeness (QED) is 0.302. The van der Waals surface area contributed by atoms with Crippen molar-refractivity contribution in [2.75, 3.05) is 11.9 Å². The van der Waals surface area contributed by atoms with Gasteiger partial charge in [0, 0.05) is 29.2 Å². The van der Waals surface area contributed by atoms with Crippen molar-refractivity contribution in [3.63, 3.8) is 0 Å². The Hall–Kier alpha value is -4.46. The van der Waals surface area contributed by atoms with Crippen LogP contribution < -0.4 is 10.6 Å². The fourth-order valence-corrected chi connectivity index (χ4v) is 4.33. The van der Waals surface area contributed by atoms with E-state index in [9.17, 15) is 9.59 Å². The molecule has 0 atom stereocenters. The number of aryl methyl sites for hydroxylation is 1. The minimum atomic E-state index is -0.423. The Morgan fingerprint density at radius 1 is 0.946 bits per heavy atom. The molecule has 0 radical (unpaired) electrons. The van der Waals surface area contributed by atoms with Gasteiger partial charge >= 0.3 is 0 Å². The number of nitrogens with one attached hydrogen (secondary N) is 3. The second kappa shape index (κ2) is 9.54. The molecule has 0 aliphatic rings. The van der Waals surface area contributed by atoms with E-state index in [1.54, 1.807) is 28.9 Å². The Labute approximate surface area is 215 Å². The fourth-order valence-electron chi connectivity index (χ4n) is 4.33. The van der Waals surface area contributed by atoms with E-state index in [0.29, 0.717) is 41.1 Å². The third kappa shape index (κ3) is 4.95. The Kier molecular flexibility index (Phi) is 6.25. The van der Waals surface area contributed by atoms with E-state index in [0.717, 1.165) is 22.0 Å². The van der Waals surface area contributed by atoms with Crippen molar-refractivity contribution in [1.29, 1.82) is 0 Å². The number of fused-ring (bicyclic) bond motifs is 2. The number of para-hydroxylation sites is 1. The third-order valence-electron chi connectivity index (χ3n) is 6.29. The highest BCUT2D eigenvalue weighted by atomic mass is 16.2. The first-order valence-corrected chi connectivity index (χ1v) is 12.3. The van der Waals surface area contributed by atoms with E-state index in [1.807, 2.05) is 64.2 Å². The number of carbonyl (C=O) groups is 2. The van der Waals surface area contributed by atoms with Crippen LogP contribution >= 0.6 is 0 Å². The van der Waals surface area contributed by atoms with Crippen molar-refractivity contribution >= 4 is 39.6 Å². The van der Waals surface area contributed by atoms with E-state index in [2.05, 4.69) is 31.8 Å². The number of hydrogen-bond donors (Lipinski definition) is 3. The molecule has 0 unspecified atom stereocenters. The van der Waals surface area contributed by atoms with Crippen molar-refractivity contribution < 1.29 is 9.59 Å². The van der Waals surface area contributed by atoms with Gasteiger partial charge in [-0.05, 0) is 70.0 Å². The molecule has 0 saturated heterocycles. The van der Waals surface area contributed by atoms with E-state index in [1.165, 1.54) is 0 Å². The van der Waals surface area contributed by atoms with E-state index in [4.69, 9.17) is 0 Å². The van der Waals surface area contributed by atoms with Crippen molar-refractivity contribution in [3.8, 4) is 0 Å². The normalized spacial score (nSPS) is 11.7. The predicted molar refractivity (Wildman–Crippen MR) is 146 cm³/mol. The summed E-state index contributed by atoms with van der Waals surface area (Å²) in [5.41, 5.74) is 4.29. The first-order chi connectivity index (χ1) is 17.7. The van der Waals surface area contributed by atoms with Gasteiger partial charge in [-0.3, -0.25) is 9.59 Å². The minimum Gasteiger partial charge on any atom is -0.361 e. The molecule has 0 aliphatic carbocycles. The third-order valence-corrected chi connectivity index (χ3v) is 6.29. The van der Waals surface area contributed by atoms with E-state index < -0.39 is 5.54 Å². The van der Waals surface area contributed by atoms with Crippen LogP contribution in [0.25, 0.3) is 21.9 Å². The number of nitrogens with zero attached hydrogens (tertiary/aromatic N) is 3. The molecule has 3 N–H and O–H groups in total. The topological polar surface area (TPSA) is 105 Å². The van der Waals surface area contributed by atoms with Crippen LogP contribution in [-0.4, -0.2) is 38.1 Å². The van der Waals surface area contributed by atoms with Crippen LogP contribution in [0.5, 0.6) is 0 Å². The highest BCUT2D eigenvalue weighted by Gasteiger charge is 2.25. The standard InChI is InChI=1S/C29H30N6O2/c1-18-9-11-19(12-10-18)27(36)33-24-14-13-22-25(34-35(26(22)32-24)29(2,3)4)28(37)30-16-15-20-17-31-23-8-6-5-7-21(20)23/h5-14,17,31H,15-16H2,1-4H3,(H,30,37)(H,32,33,36). The van der Waals surface area contributed by atoms with Crippen molar-refractivity contribution in [1.82, 2.24) is 25.1 Å². The van der Waals surface area contributed by atoms with Crippen LogP contribution in [-0.2, 0) is 12.0 Å². The Bertz CT molecular complexity index is 1610. The number of pyridine rings is 1. The maximum Gasteiger partial charge on any atom is 0.272 e. The highest BCUT2D eigenvalue weighted by Crippen LogP contribution is 2.25. The lowest BCUT2D eigenvalue weighted by molar-refractivity contribution is 0.0948. The van der Waals surface area contributed by atoms with Gasteiger partial charge in [0.2, 0.25) is 0 Å². The molecule has 3 aromatic heterocycles. The Morgan fingerprint density at radius 3 is 2.46 bits per heavy atom. The molecule has 188 valence electrons. The Balaban J connectivity index is 1.37. The molecule has 0 saturated carbocycles. The molecule has 0 aliphatic heterocycles.